The molecule has 0 aliphatic heterocycles. The maximum absolute atomic E-state index is 10.7. The molecule has 0 fully saturated rings. The van der Waals surface area contributed by atoms with Crippen molar-refractivity contribution in [1.82, 2.24) is 5.48 Å². The molecule has 1 amide bonds. The van der Waals surface area contributed by atoms with Crippen LogP contribution in [0.2, 0.25) is 0 Å². The quantitative estimate of drug-likeness (QED) is 0.646. The zero-order chi connectivity index (χ0) is 9.28. The summed E-state index contributed by atoms with van der Waals surface area (Å²) < 4.78 is 0. The summed E-state index contributed by atoms with van der Waals surface area (Å²) in [5, 5.41) is 0. The van der Waals surface area contributed by atoms with E-state index in [1.165, 1.54) is 7.11 Å². The molecule has 0 aliphatic rings. The zero-order valence-electron chi connectivity index (χ0n) is 8.10. The van der Waals surface area contributed by atoms with E-state index in [1.54, 1.807) is 0 Å². The Bertz CT molecular complexity index is 99.1. The van der Waals surface area contributed by atoms with E-state index in [4.69, 9.17) is 0 Å². The van der Waals surface area contributed by atoms with Gasteiger partial charge in [-0.15, -0.1) is 0 Å². The average molecular weight is 163 g/mol. The smallest absolute Gasteiger partial charge is 0.246 e. The Hall–Kier alpha value is -0.570. The van der Waals surface area contributed by atoms with Gasteiger partial charge in [-0.2, -0.15) is 0 Å². The van der Waals surface area contributed by atoms with Crippen molar-refractivity contribution in [3.63, 3.8) is 0 Å². The summed E-state index contributed by atoms with van der Waals surface area (Å²) in [5.41, 5.74) is 2.26. The molecule has 0 aromatic carbocycles. The molecule has 3 nitrogen and oxygen atoms in total. The van der Waals surface area contributed by atoms with Crippen LogP contribution in [0.25, 0.3) is 0 Å². The number of rotatable bonds is 3. The van der Waals surface area contributed by atoms with E-state index in [9.17, 15) is 4.79 Å². The minimum atomic E-state index is -0.0556. The lowest BCUT2D eigenvalue weighted by molar-refractivity contribution is -0.135. The number of carbonyl (C=O) groups is 1. The Morgan fingerprint density at radius 2 is 2.09 bits per heavy atom. The van der Waals surface area contributed by atoms with Gasteiger partial charge in [0, 0.05) is 7.34 Å². The molecular formula is C8H21NO2. The first-order valence-electron chi connectivity index (χ1n) is 4.05. The Labute approximate surface area is 70.6 Å². The lowest BCUT2D eigenvalue weighted by Crippen LogP contribution is -2.27. The first-order valence-corrected chi connectivity index (χ1v) is 4.05. The molecule has 0 aliphatic carbocycles. The highest BCUT2D eigenvalue weighted by Gasteiger charge is 2.07. The highest BCUT2D eigenvalue weighted by Crippen LogP contribution is 1.98. The lowest BCUT2D eigenvalue weighted by Gasteiger charge is -2.05. The van der Waals surface area contributed by atoms with E-state index in [0.29, 0.717) is 0 Å². The normalized spacial score (nSPS) is 11.0. The third-order valence-electron chi connectivity index (χ3n) is 1.26. The molecule has 0 aromatic heterocycles. The van der Waals surface area contributed by atoms with Crippen LogP contribution in [0.15, 0.2) is 0 Å². The van der Waals surface area contributed by atoms with E-state index in [0.717, 1.165) is 6.42 Å². The molecule has 1 N–H and O–H groups in total. The molecule has 11 heavy (non-hydrogen) atoms. The van der Waals surface area contributed by atoms with Crippen molar-refractivity contribution in [1.29, 1.82) is 0 Å². The number of hydroxylamine groups is 1. The van der Waals surface area contributed by atoms with Crippen LogP contribution in [0.3, 0.4) is 0 Å². The summed E-state index contributed by atoms with van der Waals surface area (Å²) in [7, 11) is 1.43. The minimum Gasteiger partial charge on any atom is -0.277 e. The molecule has 3 heteroatoms. The van der Waals surface area contributed by atoms with Gasteiger partial charge in [0.05, 0.1) is 7.11 Å². The fourth-order valence-electron chi connectivity index (χ4n) is 0.387. The number of carbonyl (C=O) groups excluding carboxylic acids is 1. The predicted molar refractivity (Wildman–Crippen MR) is 48.1 cm³/mol. The predicted octanol–water partition coefficient (Wildman–Crippen LogP) is 1.98. The van der Waals surface area contributed by atoms with Gasteiger partial charge in [-0.3, -0.25) is 9.63 Å². The summed E-state index contributed by atoms with van der Waals surface area (Å²) in [6.07, 6.45) is 0.842. The van der Waals surface area contributed by atoms with Crippen LogP contribution in [0.5, 0.6) is 0 Å². The molecule has 0 saturated carbocycles. The number of nitrogens with one attached hydrogen (secondary N) is 1. The monoisotopic (exact) mass is 163 g/mol. The third-order valence-corrected chi connectivity index (χ3v) is 1.26. The molecule has 1 atom stereocenters. The van der Waals surface area contributed by atoms with E-state index in [2.05, 4.69) is 10.3 Å². The van der Waals surface area contributed by atoms with Gasteiger partial charge in [0.25, 0.3) is 0 Å². The molecule has 0 spiro atoms. The van der Waals surface area contributed by atoms with Crippen LogP contribution in [-0.4, -0.2) is 13.0 Å². The van der Waals surface area contributed by atoms with Crippen LogP contribution in [0.1, 0.15) is 35.5 Å². The molecule has 0 aromatic rings. The van der Waals surface area contributed by atoms with Crippen LogP contribution in [0.4, 0.5) is 0 Å². The first kappa shape index (κ1) is 13.1. The second-order valence-corrected chi connectivity index (χ2v) is 1.98. The molecule has 0 unspecified atom stereocenters. The van der Waals surface area contributed by atoms with Crippen molar-refractivity contribution < 1.29 is 11.1 Å². The van der Waals surface area contributed by atoms with Crippen molar-refractivity contribution in [2.24, 2.45) is 5.92 Å². The molecule has 0 heterocycles. The van der Waals surface area contributed by atoms with Gasteiger partial charge in [0.15, 0.2) is 0 Å². The van der Waals surface area contributed by atoms with Crippen LogP contribution in [0, 0.1) is 5.92 Å². The standard InChI is InChI=1S/C6H13NO2.C2H6.H2/c1-4-5(2)6(8)7-9-3;1-2;/h5H,4H2,1-3H3,(H,7,8);1-2H3;1H/t5-;;/m0../s1. The Morgan fingerprint density at radius 3 is 2.36 bits per heavy atom. The Kier molecular flexibility index (Phi) is 11.2. The van der Waals surface area contributed by atoms with Crippen LogP contribution in [-0.2, 0) is 9.63 Å². The van der Waals surface area contributed by atoms with E-state index in [-0.39, 0.29) is 13.3 Å². The number of hydrogen-bond donors (Lipinski definition) is 1. The first-order chi connectivity index (χ1) is 5.22. The van der Waals surface area contributed by atoms with Gasteiger partial charge in [0.2, 0.25) is 5.91 Å². The third kappa shape index (κ3) is 7.33. The van der Waals surface area contributed by atoms with E-state index in [1.807, 2.05) is 27.7 Å². The number of hydrogen-bond acceptors (Lipinski definition) is 2. The van der Waals surface area contributed by atoms with Crippen LogP contribution >= 0.6 is 0 Å². The minimum absolute atomic E-state index is 0. The van der Waals surface area contributed by atoms with Gasteiger partial charge in [0.1, 0.15) is 0 Å². The molecule has 0 saturated heterocycles. The maximum Gasteiger partial charge on any atom is 0.246 e. The molecule has 0 rings (SSSR count). The molecule has 70 valence electrons. The summed E-state index contributed by atoms with van der Waals surface area (Å²) >= 11 is 0. The second-order valence-electron chi connectivity index (χ2n) is 1.98. The summed E-state index contributed by atoms with van der Waals surface area (Å²) in [6.45, 7) is 7.81. The largest absolute Gasteiger partial charge is 0.277 e. The average Bonchev–Trinajstić information content (AvgIpc) is 2.07. The van der Waals surface area contributed by atoms with Crippen molar-refractivity contribution in [2.45, 2.75) is 34.1 Å². The van der Waals surface area contributed by atoms with E-state index >= 15 is 0 Å². The highest BCUT2D eigenvalue weighted by atomic mass is 16.6. The Balaban J connectivity index is -0.000000249. The SMILES string of the molecule is CC.CC[C@H](C)C(=O)NOC.[HH]. The molecule has 0 radical (unpaired) electrons. The summed E-state index contributed by atoms with van der Waals surface area (Å²) in [4.78, 5) is 15.2. The van der Waals surface area contributed by atoms with Gasteiger partial charge in [-0.25, -0.2) is 5.48 Å². The zero-order valence-corrected chi connectivity index (χ0v) is 8.10. The Morgan fingerprint density at radius 1 is 1.64 bits per heavy atom. The lowest BCUT2D eigenvalue weighted by atomic mass is 10.1. The van der Waals surface area contributed by atoms with Gasteiger partial charge < -0.3 is 0 Å². The van der Waals surface area contributed by atoms with Gasteiger partial charge in [-0.05, 0) is 6.42 Å². The van der Waals surface area contributed by atoms with Gasteiger partial charge in [-0.1, -0.05) is 27.7 Å². The van der Waals surface area contributed by atoms with Crippen molar-refractivity contribution in [2.75, 3.05) is 7.11 Å². The number of amides is 1. The molecular weight excluding hydrogens is 142 g/mol. The summed E-state index contributed by atoms with van der Waals surface area (Å²) in [6, 6.07) is 0. The maximum atomic E-state index is 10.7. The fourth-order valence-corrected chi connectivity index (χ4v) is 0.387. The van der Waals surface area contributed by atoms with E-state index < -0.39 is 0 Å². The van der Waals surface area contributed by atoms with Crippen LogP contribution < -0.4 is 5.48 Å². The van der Waals surface area contributed by atoms with Crippen molar-refractivity contribution in [3.8, 4) is 0 Å². The fraction of sp³-hybridized carbons (Fsp3) is 0.875. The topological polar surface area (TPSA) is 38.3 Å². The second kappa shape index (κ2) is 9.43. The van der Waals surface area contributed by atoms with Crippen molar-refractivity contribution >= 4 is 5.91 Å². The molecule has 0 bridgehead atoms. The van der Waals surface area contributed by atoms with Gasteiger partial charge >= 0.3 is 0 Å². The highest BCUT2D eigenvalue weighted by molar-refractivity contribution is 5.76. The summed E-state index contributed by atoms with van der Waals surface area (Å²) in [5.74, 6) is -0.00931. The van der Waals surface area contributed by atoms with Crippen molar-refractivity contribution in [3.05, 3.63) is 0 Å².